The van der Waals surface area contributed by atoms with E-state index in [0.717, 1.165) is 32.4 Å². The van der Waals surface area contributed by atoms with Gasteiger partial charge < -0.3 is 4.90 Å². The van der Waals surface area contributed by atoms with Crippen LogP contribution < -0.4 is 0 Å². The maximum atomic E-state index is 12.3. The minimum absolute atomic E-state index is 0.258. The highest BCUT2D eigenvalue weighted by molar-refractivity contribution is 5.76. The lowest BCUT2D eigenvalue weighted by molar-refractivity contribution is -0.130. The zero-order chi connectivity index (χ0) is 14.7. The van der Waals surface area contributed by atoms with E-state index < -0.39 is 0 Å². The fourth-order valence-electron chi connectivity index (χ4n) is 3.51. The highest BCUT2D eigenvalue weighted by atomic mass is 16.2. The number of hydrogen-bond acceptors (Lipinski definition) is 4. The molecular weight excluding hydrogens is 264 g/mol. The minimum Gasteiger partial charge on any atom is -0.341 e. The molecule has 0 saturated carbocycles. The van der Waals surface area contributed by atoms with E-state index in [1.165, 1.54) is 25.9 Å². The lowest BCUT2D eigenvalue weighted by Crippen LogP contribution is -2.37. The first-order chi connectivity index (χ1) is 10.2. The largest absolute Gasteiger partial charge is 0.341 e. The van der Waals surface area contributed by atoms with E-state index in [0.29, 0.717) is 18.9 Å². The van der Waals surface area contributed by atoms with Crippen LogP contribution in [0.25, 0.3) is 0 Å². The zero-order valence-electron chi connectivity index (χ0n) is 12.6. The van der Waals surface area contributed by atoms with Gasteiger partial charge in [0, 0.05) is 44.8 Å². The van der Waals surface area contributed by atoms with Crippen molar-refractivity contribution in [2.24, 2.45) is 10.2 Å². The van der Waals surface area contributed by atoms with Crippen LogP contribution in [0, 0.1) is 12.3 Å². The SMILES string of the molecule is C#CCCC1(CCC(=O)N2CCC(N3CCCC3)C2)N=N1. The molecule has 114 valence electrons. The number of amides is 1. The molecule has 2 fully saturated rings. The Kier molecular flexibility index (Phi) is 4.25. The average molecular weight is 288 g/mol. The first kappa shape index (κ1) is 14.5. The van der Waals surface area contributed by atoms with Crippen molar-refractivity contribution in [1.29, 1.82) is 0 Å². The molecule has 21 heavy (non-hydrogen) atoms. The third kappa shape index (κ3) is 3.44. The fraction of sp³-hybridized carbons (Fsp3) is 0.812. The Bertz CT molecular complexity index is 455. The van der Waals surface area contributed by atoms with E-state index in [-0.39, 0.29) is 11.6 Å². The number of carbonyl (C=O) groups is 1. The molecule has 3 aliphatic heterocycles. The predicted molar refractivity (Wildman–Crippen MR) is 80.7 cm³/mol. The van der Waals surface area contributed by atoms with E-state index in [2.05, 4.69) is 21.0 Å². The van der Waals surface area contributed by atoms with Gasteiger partial charge in [0.1, 0.15) is 0 Å². The number of likely N-dealkylation sites (tertiary alicyclic amines) is 2. The molecule has 0 aromatic heterocycles. The van der Waals surface area contributed by atoms with Crippen LogP contribution >= 0.6 is 0 Å². The van der Waals surface area contributed by atoms with E-state index in [1.807, 2.05) is 4.90 Å². The van der Waals surface area contributed by atoms with Gasteiger partial charge in [-0.1, -0.05) is 0 Å². The van der Waals surface area contributed by atoms with Crippen molar-refractivity contribution in [3.05, 3.63) is 0 Å². The number of nitrogens with zero attached hydrogens (tertiary/aromatic N) is 4. The minimum atomic E-state index is -0.323. The van der Waals surface area contributed by atoms with Gasteiger partial charge in [0.15, 0.2) is 5.66 Å². The highest BCUT2D eigenvalue weighted by Crippen LogP contribution is 2.37. The van der Waals surface area contributed by atoms with Crippen molar-refractivity contribution in [3.8, 4) is 12.3 Å². The Hall–Kier alpha value is -1.41. The third-order valence-electron chi connectivity index (χ3n) is 4.96. The average Bonchev–Trinajstić information content (AvgIpc) is 2.94. The normalized spacial score (nSPS) is 27.0. The summed E-state index contributed by atoms with van der Waals surface area (Å²) in [7, 11) is 0. The molecule has 0 aromatic carbocycles. The van der Waals surface area contributed by atoms with E-state index in [4.69, 9.17) is 6.42 Å². The van der Waals surface area contributed by atoms with Crippen molar-refractivity contribution >= 4 is 5.91 Å². The van der Waals surface area contributed by atoms with Crippen LogP contribution in [0.2, 0.25) is 0 Å². The van der Waals surface area contributed by atoms with Crippen LogP contribution in [-0.2, 0) is 4.79 Å². The van der Waals surface area contributed by atoms with Crippen LogP contribution in [0.15, 0.2) is 10.2 Å². The molecule has 1 amide bonds. The summed E-state index contributed by atoms with van der Waals surface area (Å²) in [6, 6.07) is 0.585. The van der Waals surface area contributed by atoms with Crippen LogP contribution in [0.3, 0.4) is 0 Å². The molecule has 0 spiro atoms. The number of hydrogen-bond donors (Lipinski definition) is 0. The predicted octanol–water partition coefficient (Wildman–Crippen LogP) is 2.04. The smallest absolute Gasteiger partial charge is 0.222 e. The first-order valence-electron chi connectivity index (χ1n) is 8.12. The van der Waals surface area contributed by atoms with E-state index in [9.17, 15) is 4.79 Å². The molecule has 1 atom stereocenters. The lowest BCUT2D eigenvalue weighted by atomic mass is 10.0. The van der Waals surface area contributed by atoms with Crippen LogP contribution in [-0.4, -0.2) is 53.6 Å². The molecule has 0 aromatic rings. The van der Waals surface area contributed by atoms with Crippen LogP contribution in [0.5, 0.6) is 0 Å². The molecular formula is C16H24N4O. The second-order valence-electron chi connectivity index (χ2n) is 6.41. The van der Waals surface area contributed by atoms with Gasteiger partial charge in [-0.15, -0.1) is 12.3 Å². The second kappa shape index (κ2) is 6.15. The Morgan fingerprint density at radius 2 is 2.00 bits per heavy atom. The van der Waals surface area contributed by atoms with Crippen LogP contribution in [0.1, 0.15) is 44.9 Å². The maximum absolute atomic E-state index is 12.3. The standard InChI is InChI=1S/C16H24N4O/c1-2-3-8-16(17-18-16)9-6-15(21)20-12-7-14(13-20)19-10-4-5-11-19/h1,14H,3-13H2. The second-order valence-corrected chi connectivity index (χ2v) is 6.41. The van der Waals surface area contributed by atoms with Gasteiger partial charge in [0.2, 0.25) is 5.91 Å². The van der Waals surface area contributed by atoms with Crippen molar-refractivity contribution < 1.29 is 4.79 Å². The first-order valence-corrected chi connectivity index (χ1v) is 8.12. The molecule has 1 unspecified atom stereocenters. The molecule has 0 aliphatic carbocycles. The number of carbonyl (C=O) groups excluding carboxylic acids is 1. The molecule has 2 saturated heterocycles. The topological polar surface area (TPSA) is 48.3 Å². The Labute approximate surface area is 126 Å². The fourth-order valence-corrected chi connectivity index (χ4v) is 3.51. The Balaban J connectivity index is 1.41. The molecule has 3 rings (SSSR count). The summed E-state index contributed by atoms with van der Waals surface area (Å²) in [6.07, 6.45) is 11.8. The van der Waals surface area contributed by atoms with Gasteiger partial charge >= 0.3 is 0 Å². The van der Waals surface area contributed by atoms with Gasteiger partial charge in [-0.2, -0.15) is 10.2 Å². The van der Waals surface area contributed by atoms with Crippen molar-refractivity contribution in [2.45, 2.75) is 56.7 Å². The highest BCUT2D eigenvalue weighted by Gasteiger charge is 2.40. The quantitative estimate of drug-likeness (QED) is 0.702. The van der Waals surface area contributed by atoms with E-state index >= 15 is 0 Å². The monoisotopic (exact) mass is 288 g/mol. The summed E-state index contributed by atoms with van der Waals surface area (Å²) in [5, 5.41) is 8.20. The van der Waals surface area contributed by atoms with Gasteiger partial charge in [0.05, 0.1) is 0 Å². The van der Waals surface area contributed by atoms with Crippen molar-refractivity contribution in [3.63, 3.8) is 0 Å². The number of terminal acetylenes is 1. The summed E-state index contributed by atoms with van der Waals surface area (Å²) in [6.45, 7) is 4.23. The molecule has 5 nitrogen and oxygen atoms in total. The zero-order valence-corrected chi connectivity index (χ0v) is 12.6. The summed E-state index contributed by atoms with van der Waals surface area (Å²) < 4.78 is 0. The van der Waals surface area contributed by atoms with Gasteiger partial charge in [0.25, 0.3) is 0 Å². The van der Waals surface area contributed by atoms with Crippen LogP contribution in [0.4, 0.5) is 0 Å². The van der Waals surface area contributed by atoms with Gasteiger partial charge in [-0.25, -0.2) is 0 Å². The van der Waals surface area contributed by atoms with E-state index in [1.54, 1.807) is 0 Å². The Morgan fingerprint density at radius 1 is 1.24 bits per heavy atom. The lowest BCUT2D eigenvalue weighted by Gasteiger charge is -2.23. The summed E-state index contributed by atoms with van der Waals surface area (Å²) >= 11 is 0. The summed E-state index contributed by atoms with van der Waals surface area (Å²) in [5.41, 5.74) is -0.323. The van der Waals surface area contributed by atoms with Gasteiger partial charge in [-0.05, 0) is 32.4 Å². The molecule has 3 aliphatic rings. The van der Waals surface area contributed by atoms with Crippen molar-refractivity contribution in [1.82, 2.24) is 9.80 Å². The Morgan fingerprint density at radius 3 is 2.67 bits per heavy atom. The molecule has 0 radical (unpaired) electrons. The maximum Gasteiger partial charge on any atom is 0.222 e. The molecule has 0 bridgehead atoms. The van der Waals surface area contributed by atoms with Gasteiger partial charge in [-0.3, -0.25) is 9.69 Å². The molecule has 0 N–H and O–H groups in total. The molecule has 3 heterocycles. The molecule has 5 heteroatoms. The third-order valence-corrected chi connectivity index (χ3v) is 4.96. The summed E-state index contributed by atoms with van der Waals surface area (Å²) in [4.78, 5) is 16.9. The van der Waals surface area contributed by atoms with Crippen molar-refractivity contribution in [2.75, 3.05) is 26.2 Å². The number of rotatable bonds is 6. The summed E-state index contributed by atoms with van der Waals surface area (Å²) in [5.74, 6) is 2.88.